The molecule has 1 aromatic heterocycles. The van der Waals surface area contributed by atoms with Gasteiger partial charge < -0.3 is 19.2 Å². The number of nitrogens with zero attached hydrogens (tertiary/aromatic N) is 1. The summed E-state index contributed by atoms with van der Waals surface area (Å²) >= 11 is 0. The van der Waals surface area contributed by atoms with Gasteiger partial charge in [-0.2, -0.15) is 0 Å². The number of hydrogen-bond acceptors (Lipinski definition) is 5. The van der Waals surface area contributed by atoms with Gasteiger partial charge in [0.25, 0.3) is 0 Å². The molecular weight excluding hydrogens is 404 g/mol. The highest BCUT2D eigenvalue weighted by atomic mass is 16.5. The number of hydrogen-bond donors (Lipinski definition) is 1. The van der Waals surface area contributed by atoms with Crippen molar-refractivity contribution in [3.8, 4) is 11.5 Å². The van der Waals surface area contributed by atoms with Crippen molar-refractivity contribution in [2.75, 3.05) is 38.7 Å². The number of fused-ring (bicyclic) bond motifs is 1. The van der Waals surface area contributed by atoms with Gasteiger partial charge in [-0.05, 0) is 44.1 Å². The summed E-state index contributed by atoms with van der Waals surface area (Å²) < 4.78 is 17.0. The minimum atomic E-state index is -0.251. The monoisotopic (exact) mass is 436 g/mol. The second-order valence-corrected chi connectivity index (χ2v) is 7.57. The fourth-order valence-electron chi connectivity index (χ4n) is 3.60. The fourth-order valence-corrected chi connectivity index (χ4v) is 3.60. The SMILES string of the molecule is CCCN(CCC)CCOc1cc(NC(=O)C=Cc2occ3ccccc23)ccc1OC. The lowest BCUT2D eigenvalue weighted by molar-refractivity contribution is -0.111. The lowest BCUT2D eigenvalue weighted by Crippen LogP contribution is -2.30. The number of benzene rings is 2. The second kappa shape index (κ2) is 12.0. The van der Waals surface area contributed by atoms with Crippen LogP contribution in [0.3, 0.4) is 0 Å². The van der Waals surface area contributed by atoms with E-state index in [-0.39, 0.29) is 5.91 Å². The van der Waals surface area contributed by atoms with Crippen LogP contribution in [0.2, 0.25) is 0 Å². The van der Waals surface area contributed by atoms with Gasteiger partial charge >= 0.3 is 0 Å². The van der Waals surface area contributed by atoms with E-state index < -0.39 is 0 Å². The van der Waals surface area contributed by atoms with Gasteiger partial charge in [0, 0.05) is 35.1 Å². The third-order valence-electron chi connectivity index (χ3n) is 5.10. The Kier molecular flexibility index (Phi) is 8.75. The van der Waals surface area contributed by atoms with E-state index in [0.717, 1.165) is 43.2 Å². The summed E-state index contributed by atoms with van der Waals surface area (Å²) in [6, 6.07) is 13.2. The standard InChI is InChI=1S/C26H32N2O4/c1-4-14-28(15-5-2)16-17-31-25-18-21(10-11-24(25)30-3)27-26(29)13-12-23-22-9-7-6-8-20(22)19-32-23/h6-13,18-19H,4-5,14-17H2,1-3H3,(H,27,29). The van der Waals surface area contributed by atoms with E-state index >= 15 is 0 Å². The lowest BCUT2D eigenvalue weighted by Gasteiger charge is -2.21. The molecule has 6 heteroatoms. The van der Waals surface area contributed by atoms with Crippen LogP contribution < -0.4 is 14.8 Å². The number of methoxy groups -OCH3 is 1. The molecule has 0 aliphatic carbocycles. The van der Waals surface area contributed by atoms with Gasteiger partial charge in [-0.25, -0.2) is 0 Å². The summed E-state index contributed by atoms with van der Waals surface area (Å²) in [5.41, 5.74) is 0.638. The highest BCUT2D eigenvalue weighted by Gasteiger charge is 2.09. The summed E-state index contributed by atoms with van der Waals surface area (Å²) in [4.78, 5) is 14.8. The Labute approximate surface area is 189 Å². The molecule has 3 aromatic rings. The Balaban J connectivity index is 1.62. The molecule has 0 aliphatic rings. The molecule has 0 aliphatic heterocycles. The third kappa shape index (κ3) is 6.37. The molecule has 0 unspecified atom stereocenters. The van der Waals surface area contributed by atoms with Crippen molar-refractivity contribution in [2.45, 2.75) is 26.7 Å². The minimum Gasteiger partial charge on any atom is -0.493 e. The first-order chi connectivity index (χ1) is 15.6. The number of carbonyl (C=O) groups excluding carboxylic acids is 1. The summed E-state index contributed by atoms with van der Waals surface area (Å²) in [5.74, 6) is 1.65. The van der Waals surface area contributed by atoms with Gasteiger partial charge in [-0.15, -0.1) is 0 Å². The van der Waals surface area contributed by atoms with Crippen LogP contribution in [0, 0.1) is 0 Å². The predicted molar refractivity (Wildman–Crippen MR) is 129 cm³/mol. The molecular formula is C26H32N2O4. The van der Waals surface area contributed by atoms with Gasteiger partial charge in [0.1, 0.15) is 12.4 Å². The van der Waals surface area contributed by atoms with Crippen LogP contribution in [0.4, 0.5) is 5.69 Å². The normalized spacial score (nSPS) is 11.4. The largest absolute Gasteiger partial charge is 0.493 e. The smallest absolute Gasteiger partial charge is 0.248 e. The molecule has 1 N–H and O–H groups in total. The number of rotatable bonds is 12. The molecule has 32 heavy (non-hydrogen) atoms. The first-order valence-electron chi connectivity index (χ1n) is 11.1. The number of ether oxygens (including phenoxy) is 2. The topological polar surface area (TPSA) is 63.9 Å². The van der Waals surface area contributed by atoms with Crippen LogP contribution in [-0.2, 0) is 4.79 Å². The van der Waals surface area contributed by atoms with E-state index in [1.165, 1.54) is 6.08 Å². The summed E-state index contributed by atoms with van der Waals surface area (Å²) in [6.45, 7) is 7.88. The van der Waals surface area contributed by atoms with Gasteiger partial charge in [-0.3, -0.25) is 9.69 Å². The third-order valence-corrected chi connectivity index (χ3v) is 5.10. The van der Waals surface area contributed by atoms with Gasteiger partial charge in [0.15, 0.2) is 11.5 Å². The maximum absolute atomic E-state index is 12.4. The van der Waals surface area contributed by atoms with E-state index in [0.29, 0.717) is 29.6 Å². The number of amides is 1. The molecule has 0 saturated carbocycles. The van der Waals surface area contributed by atoms with E-state index in [2.05, 4.69) is 24.1 Å². The number of carbonyl (C=O) groups is 1. The molecule has 0 fully saturated rings. The van der Waals surface area contributed by atoms with Gasteiger partial charge in [0.05, 0.1) is 13.4 Å². The van der Waals surface area contributed by atoms with E-state index in [9.17, 15) is 4.79 Å². The minimum absolute atomic E-state index is 0.251. The zero-order valence-electron chi connectivity index (χ0n) is 19.1. The van der Waals surface area contributed by atoms with Gasteiger partial charge in [0.2, 0.25) is 5.91 Å². The zero-order valence-corrected chi connectivity index (χ0v) is 19.1. The predicted octanol–water partition coefficient (Wildman–Crippen LogP) is 5.59. The van der Waals surface area contributed by atoms with Crippen LogP contribution in [0.15, 0.2) is 59.2 Å². The van der Waals surface area contributed by atoms with E-state index in [1.54, 1.807) is 37.6 Å². The highest BCUT2D eigenvalue weighted by molar-refractivity contribution is 6.03. The van der Waals surface area contributed by atoms with Crippen molar-refractivity contribution < 1.29 is 18.7 Å². The average Bonchev–Trinajstić information content (AvgIpc) is 3.21. The van der Waals surface area contributed by atoms with E-state index in [1.807, 2.05) is 24.3 Å². The first-order valence-corrected chi connectivity index (χ1v) is 11.1. The van der Waals surface area contributed by atoms with Crippen molar-refractivity contribution >= 4 is 28.4 Å². The van der Waals surface area contributed by atoms with Crippen molar-refractivity contribution in [3.63, 3.8) is 0 Å². The Hall–Kier alpha value is -3.25. The number of anilines is 1. The van der Waals surface area contributed by atoms with Crippen LogP contribution in [0.5, 0.6) is 11.5 Å². The van der Waals surface area contributed by atoms with Crippen LogP contribution in [0.1, 0.15) is 32.4 Å². The Morgan fingerprint density at radius 1 is 1.06 bits per heavy atom. The quantitative estimate of drug-likeness (QED) is 0.375. The number of nitrogens with one attached hydrogen (secondary N) is 1. The number of furan rings is 1. The molecule has 0 bridgehead atoms. The fraction of sp³-hybridized carbons (Fsp3) is 0.346. The second-order valence-electron chi connectivity index (χ2n) is 7.57. The highest BCUT2D eigenvalue weighted by Crippen LogP contribution is 2.30. The van der Waals surface area contributed by atoms with Crippen molar-refractivity contribution in [1.82, 2.24) is 4.90 Å². The lowest BCUT2D eigenvalue weighted by atomic mass is 10.2. The Morgan fingerprint density at radius 2 is 1.84 bits per heavy atom. The molecule has 1 heterocycles. The van der Waals surface area contributed by atoms with E-state index in [4.69, 9.17) is 13.9 Å². The molecule has 0 atom stereocenters. The van der Waals surface area contributed by atoms with Crippen LogP contribution in [0.25, 0.3) is 16.8 Å². The maximum Gasteiger partial charge on any atom is 0.248 e. The molecule has 2 aromatic carbocycles. The zero-order chi connectivity index (χ0) is 22.8. The molecule has 0 radical (unpaired) electrons. The van der Waals surface area contributed by atoms with Crippen molar-refractivity contribution in [3.05, 3.63) is 60.6 Å². The van der Waals surface area contributed by atoms with Crippen LogP contribution >= 0.6 is 0 Å². The molecule has 170 valence electrons. The first kappa shape index (κ1) is 23.4. The average molecular weight is 437 g/mol. The molecule has 3 rings (SSSR count). The summed E-state index contributed by atoms with van der Waals surface area (Å²) in [5, 5.41) is 4.84. The molecule has 0 spiro atoms. The Bertz CT molecular complexity index is 1040. The van der Waals surface area contributed by atoms with Crippen LogP contribution in [-0.4, -0.2) is 44.2 Å². The molecule has 1 amide bonds. The van der Waals surface area contributed by atoms with Crippen molar-refractivity contribution in [2.24, 2.45) is 0 Å². The summed E-state index contributed by atoms with van der Waals surface area (Å²) in [7, 11) is 1.61. The maximum atomic E-state index is 12.4. The molecule has 0 saturated heterocycles. The van der Waals surface area contributed by atoms with Crippen molar-refractivity contribution in [1.29, 1.82) is 0 Å². The summed E-state index contributed by atoms with van der Waals surface area (Å²) in [6.07, 6.45) is 7.05. The molecule has 6 nitrogen and oxygen atoms in total. The van der Waals surface area contributed by atoms with Gasteiger partial charge in [-0.1, -0.05) is 38.1 Å². The Morgan fingerprint density at radius 3 is 2.59 bits per heavy atom.